The molecule has 0 aliphatic carbocycles. The van der Waals surface area contributed by atoms with Gasteiger partial charge in [0.2, 0.25) is 5.91 Å². The fraction of sp³-hybridized carbons (Fsp3) is 0.194. The number of anilines is 1. The van der Waals surface area contributed by atoms with E-state index in [9.17, 15) is 13.2 Å². The maximum atomic E-state index is 13.8. The third-order valence-corrected chi connectivity index (χ3v) is 8.28. The van der Waals surface area contributed by atoms with Gasteiger partial charge >= 0.3 is 0 Å². The first-order chi connectivity index (χ1) is 17.6. The number of hydrogen-bond acceptors (Lipinski definition) is 3. The third kappa shape index (κ3) is 6.09. The predicted molar refractivity (Wildman–Crippen MR) is 149 cm³/mol. The zero-order valence-electron chi connectivity index (χ0n) is 21.6. The zero-order valence-corrected chi connectivity index (χ0v) is 22.4. The molecule has 0 saturated heterocycles. The van der Waals surface area contributed by atoms with Crippen molar-refractivity contribution in [1.29, 1.82) is 0 Å². The Morgan fingerprint density at radius 3 is 2.05 bits per heavy atom. The molecule has 0 fully saturated rings. The van der Waals surface area contributed by atoms with Crippen molar-refractivity contribution >= 4 is 21.6 Å². The van der Waals surface area contributed by atoms with Crippen LogP contribution in [0.4, 0.5) is 5.69 Å². The Labute approximate surface area is 219 Å². The Hall–Kier alpha value is -3.90. The lowest BCUT2D eigenvalue weighted by atomic mass is 9.97. The first-order valence-electron chi connectivity index (χ1n) is 12.2. The normalized spacial score (nSPS) is 12.1. The number of sulfonamides is 1. The van der Waals surface area contributed by atoms with Crippen LogP contribution in [0.2, 0.25) is 0 Å². The molecule has 0 radical (unpaired) electrons. The third-order valence-electron chi connectivity index (χ3n) is 6.49. The van der Waals surface area contributed by atoms with Crippen LogP contribution in [0.1, 0.15) is 39.4 Å². The summed E-state index contributed by atoms with van der Waals surface area (Å²) in [5.74, 6) is -0.399. The van der Waals surface area contributed by atoms with Gasteiger partial charge in [-0.25, -0.2) is 8.42 Å². The van der Waals surface area contributed by atoms with Gasteiger partial charge in [-0.1, -0.05) is 83.9 Å². The smallest absolute Gasteiger partial charge is 0.264 e. The summed E-state index contributed by atoms with van der Waals surface area (Å²) < 4.78 is 28.8. The van der Waals surface area contributed by atoms with Crippen molar-refractivity contribution in [2.24, 2.45) is 0 Å². The van der Waals surface area contributed by atoms with Crippen molar-refractivity contribution in [3.63, 3.8) is 0 Å². The molecular formula is C31H32N2O3S. The number of carbonyl (C=O) groups excluding carboxylic acids is 1. The van der Waals surface area contributed by atoms with Crippen LogP contribution in [0, 0.1) is 27.7 Å². The molecule has 0 bridgehead atoms. The summed E-state index contributed by atoms with van der Waals surface area (Å²) in [6, 6.07) is 29.3. The number of hydrogen-bond donors (Lipinski definition) is 1. The average molecular weight is 513 g/mol. The van der Waals surface area contributed by atoms with Gasteiger partial charge in [0, 0.05) is 0 Å². The van der Waals surface area contributed by atoms with Gasteiger partial charge in [0.05, 0.1) is 16.6 Å². The molecule has 0 aliphatic rings. The first-order valence-corrected chi connectivity index (χ1v) is 13.7. The highest BCUT2D eigenvalue weighted by Crippen LogP contribution is 2.27. The minimum atomic E-state index is -3.99. The molecule has 0 heterocycles. The maximum Gasteiger partial charge on any atom is 0.264 e. The van der Waals surface area contributed by atoms with Gasteiger partial charge in [0.25, 0.3) is 10.0 Å². The highest BCUT2D eigenvalue weighted by atomic mass is 32.2. The first kappa shape index (κ1) is 26.2. The van der Waals surface area contributed by atoms with E-state index in [0.717, 1.165) is 33.4 Å². The average Bonchev–Trinajstić information content (AvgIpc) is 2.88. The second-order valence-corrected chi connectivity index (χ2v) is 11.3. The highest BCUT2D eigenvalue weighted by molar-refractivity contribution is 7.92. The minimum absolute atomic E-state index is 0.141. The molecule has 4 aromatic carbocycles. The molecule has 1 N–H and O–H groups in total. The topological polar surface area (TPSA) is 66.5 Å². The number of aryl methyl sites for hydroxylation is 4. The molecule has 5 nitrogen and oxygen atoms in total. The molecule has 4 aromatic rings. The van der Waals surface area contributed by atoms with E-state index in [1.807, 2.05) is 94.4 Å². The Kier molecular flexibility index (Phi) is 7.79. The molecule has 1 unspecified atom stereocenters. The molecule has 190 valence electrons. The number of rotatable bonds is 8. The van der Waals surface area contributed by atoms with E-state index in [2.05, 4.69) is 5.32 Å². The van der Waals surface area contributed by atoms with Crippen LogP contribution < -0.4 is 9.62 Å². The van der Waals surface area contributed by atoms with Crippen LogP contribution in [-0.2, 0) is 14.8 Å². The number of benzene rings is 4. The van der Waals surface area contributed by atoms with Crippen LogP contribution in [0.5, 0.6) is 0 Å². The van der Waals surface area contributed by atoms with Gasteiger partial charge in [-0.3, -0.25) is 9.10 Å². The van der Waals surface area contributed by atoms with Gasteiger partial charge in [-0.05, 0) is 74.2 Å². The van der Waals surface area contributed by atoms with Gasteiger partial charge < -0.3 is 5.32 Å². The Bertz CT molecular complexity index is 1500. The molecule has 1 amide bonds. The van der Waals surface area contributed by atoms with Crippen molar-refractivity contribution in [2.75, 3.05) is 10.8 Å². The Morgan fingerprint density at radius 2 is 1.41 bits per heavy atom. The summed E-state index contributed by atoms with van der Waals surface area (Å²) in [7, 11) is -3.99. The van der Waals surface area contributed by atoms with Crippen molar-refractivity contribution in [3.8, 4) is 0 Å². The number of amides is 1. The molecule has 0 aliphatic heterocycles. The predicted octanol–water partition coefficient (Wildman–Crippen LogP) is 6.02. The second kappa shape index (κ2) is 11.0. The lowest BCUT2D eigenvalue weighted by molar-refractivity contribution is -0.120. The zero-order chi connectivity index (χ0) is 26.6. The minimum Gasteiger partial charge on any atom is -0.344 e. The van der Waals surface area contributed by atoms with Crippen LogP contribution >= 0.6 is 0 Å². The van der Waals surface area contributed by atoms with E-state index in [-0.39, 0.29) is 11.4 Å². The van der Waals surface area contributed by atoms with Crippen LogP contribution in [0.25, 0.3) is 0 Å². The summed E-state index contributed by atoms with van der Waals surface area (Å²) in [4.78, 5) is 13.7. The van der Waals surface area contributed by atoms with Crippen LogP contribution in [-0.4, -0.2) is 20.9 Å². The van der Waals surface area contributed by atoms with Gasteiger partial charge in [0.15, 0.2) is 0 Å². The quantitative estimate of drug-likeness (QED) is 0.314. The largest absolute Gasteiger partial charge is 0.344 e. The van der Waals surface area contributed by atoms with E-state index in [1.165, 1.54) is 4.31 Å². The summed E-state index contributed by atoms with van der Waals surface area (Å²) in [5, 5.41) is 3.09. The molecule has 37 heavy (non-hydrogen) atoms. The van der Waals surface area contributed by atoms with Crippen LogP contribution in [0.15, 0.2) is 102 Å². The van der Waals surface area contributed by atoms with E-state index < -0.39 is 22.0 Å². The molecule has 0 saturated carbocycles. The Balaban J connectivity index is 1.71. The fourth-order valence-corrected chi connectivity index (χ4v) is 5.64. The summed E-state index contributed by atoms with van der Waals surface area (Å²) in [6.45, 7) is 7.45. The van der Waals surface area contributed by atoms with Gasteiger partial charge in [-0.15, -0.1) is 0 Å². The number of carbonyl (C=O) groups is 1. The Morgan fingerprint density at radius 1 is 0.730 bits per heavy atom. The maximum absolute atomic E-state index is 13.8. The van der Waals surface area contributed by atoms with Gasteiger partial charge in [0.1, 0.15) is 6.54 Å². The summed E-state index contributed by atoms with van der Waals surface area (Å²) in [5.41, 5.74) is 6.32. The lowest BCUT2D eigenvalue weighted by Crippen LogP contribution is -2.42. The monoisotopic (exact) mass is 512 g/mol. The number of nitrogens with one attached hydrogen (secondary N) is 1. The van der Waals surface area contributed by atoms with E-state index in [4.69, 9.17) is 0 Å². The molecule has 0 spiro atoms. The van der Waals surface area contributed by atoms with Crippen molar-refractivity contribution in [3.05, 3.63) is 130 Å². The molecule has 0 aromatic heterocycles. The van der Waals surface area contributed by atoms with Crippen molar-refractivity contribution in [2.45, 2.75) is 38.6 Å². The standard InChI is InChI=1S/C31H32N2O3S/c1-22-13-17-29(18-14-22)37(35,36)33(28-16-15-24(3)25(4)20-28)21-30(34)32-31(26-10-6-5-7-11-26)27-12-8-9-23(2)19-27/h5-20,31H,21H2,1-4H3,(H,32,34). The van der Waals surface area contributed by atoms with Gasteiger partial charge in [-0.2, -0.15) is 0 Å². The van der Waals surface area contributed by atoms with E-state index in [0.29, 0.717) is 5.69 Å². The lowest BCUT2D eigenvalue weighted by Gasteiger charge is -2.27. The SMILES string of the molecule is Cc1ccc(S(=O)(=O)N(CC(=O)NC(c2ccccc2)c2cccc(C)c2)c2ccc(C)c(C)c2)cc1. The van der Waals surface area contributed by atoms with Crippen molar-refractivity contribution < 1.29 is 13.2 Å². The van der Waals surface area contributed by atoms with E-state index >= 15 is 0 Å². The second-order valence-electron chi connectivity index (χ2n) is 9.42. The summed E-state index contributed by atoms with van der Waals surface area (Å²) >= 11 is 0. The summed E-state index contributed by atoms with van der Waals surface area (Å²) in [6.07, 6.45) is 0. The molecule has 4 rings (SSSR count). The van der Waals surface area contributed by atoms with Crippen molar-refractivity contribution in [1.82, 2.24) is 5.32 Å². The molecule has 1 atom stereocenters. The fourth-order valence-electron chi connectivity index (χ4n) is 4.22. The number of nitrogens with zero attached hydrogens (tertiary/aromatic N) is 1. The van der Waals surface area contributed by atoms with E-state index in [1.54, 1.807) is 30.3 Å². The van der Waals surface area contributed by atoms with Crippen LogP contribution in [0.3, 0.4) is 0 Å². The molecule has 6 heteroatoms. The molecular weight excluding hydrogens is 480 g/mol. The highest BCUT2D eigenvalue weighted by Gasteiger charge is 2.28.